The first kappa shape index (κ1) is 11.9. The third kappa shape index (κ3) is 3.17. The second kappa shape index (κ2) is 5.64. The molecule has 2 aromatic heterocycles. The Bertz CT molecular complexity index is 500. The quantitative estimate of drug-likeness (QED) is 0.843. The second-order valence-corrected chi connectivity index (χ2v) is 4.07. The molecule has 0 saturated heterocycles. The van der Waals surface area contributed by atoms with Crippen LogP contribution >= 0.6 is 11.6 Å². The molecule has 0 amide bonds. The number of hydrogen-bond acceptors (Lipinski definition) is 3. The highest BCUT2D eigenvalue weighted by Crippen LogP contribution is 2.14. The van der Waals surface area contributed by atoms with Crippen LogP contribution in [0.5, 0.6) is 0 Å². The van der Waals surface area contributed by atoms with Crippen molar-refractivity contribution in [3.63, 3.8) is 0 Å². The zero-order valence-electron chi connectivity index (χ0n) is 9.65. The van der Waals surface area contributed by atoms with Gasteiger partial charge in [-0.3, -0.25) is 4.98 Å². The number of hydrogen-bond donors (Lipinski definition) is 1. The van der Waals surface area contributed by atoms with Crippen LogP contribution < -0.4 is 5.32 Å². The fourth-order valence-electron chi connectivity index (χ4n) is 1.65. The first-order valence-electron chi connectivity index (χ1n) is 5.58. The van der Waals surface area contributed by atoms with Crippen molar-refractivity contribution in [2.45, 2.75) is 19.9 Å². The largest absolute Gasteiger partial charge is 0.379 e. The Morgan fingerprint density at radius 2 is 2.12 bits per heavy atom. The Kier molecular flexibility index (Phi) is 3.94. The third-order valence-electron chi connectivity index (χ3n) is 2.55. The van der Waals surface area contributed by atoms with Crippen LogP contribution in [0.2, 0.25) is 5.15 Å². The van der Waals surface area contributed by atoms with Gasteiger partial charge in [0.1, 0.15) is 5.15 Å². The van der Waals surface area contributed by atoms with Gasteiger partial charge in [-0.25, -0.2) is 4.98 Å². The minimum absolute atomic E-state index is 0.492. The van der Waals surface area contributed by atoms with E-state index in [-0.39, 0.29) is 0 Å². The average Bonchev–Trinajstić information content (AvgIpc) is 2.37. The van der Waals surface area contributed by atoms with Gasteiger partial charge in [-0.1, -0.05) is 24.6 Å². The molecule has 4 heteroatoms. The predicted molar refractivity (Wildman–Crippen MR) is 70.2 cm³/mol. The van der Waals surface area contributed by atoms with Crippen molar-refractivity contribution in [1.82, 2.24) is 9.97 Å². The van der Waals surface area contributed by atoms with Crippen molar-refractivity contribution in [3.8, 4) is 0 Å². The lowest BCUT2D eigenvalue weighted by Gasteiger charge is -2.09. The second-order valence-electron chi connectivity index (χ2n) is 3.68. The molecule has 2 aromatic rings. The molecular formula is C13H14ClN3. The fourth-order valence-corrected chi connectivity index (χ4v) is 1.82. The van der Waals surface area contributed by atoms with E-state index in [1.165, 1.54) is 5.56 Å². The van der Waals surface area contributed by atoms with Crippen LogP contribution in [-0.2, 0) is 13.0 Å². The molecule has 0 saturated carbocycles. The van der Waals surface area contributed by atoms with Crippen LogP contribution in [0.1, 0.15) is 18.2 Å². The SMILES string of the molecule is CCc1cccnc1CNc1ccnc(Cl)c1. The molecule has 88 valence electrons. The molecule has 0 atom stereocenters. The molecule has 0 spiro atoms. The Labute approximate surface area is 106 Å². The van der Waals surface area contributed by atoms with Gasteiger partial charge in [0.15, 0.2) is 0 Å². The normalized spacial score (nSPS) is 10.2. The lowest BCUT2D eigenvalue weighted by Crippen LogP contribution is -2.04. The van der Waals surface area contributed by atoms with Crippen LogP contribution in [0.3, 0.4) is 0 Å². The number of halogens is 1. The molecule has 2 rings (SSSR count). The Morgan fingerprint density at radius 3 is 2.88 bits per heavy atom. The van der Waals surface area contributed by atoms with Gasteiger partial charge in [0, 0.05) is 18.1 Å². The van der Waals surface area contributed by atoms with Gasteiger partial charge in [0.2, 0.25) is 0 Å². The van der Waals surface area contributed by atoms with Crippen LogP contribution in [-0.4, -0.2) is 9.97 Å². The highest BCUT2D eigenvalue weighted by atomic mass is 35.5. The van der Waals surface area contributed by atoms with Gasteiger partial charge in [-0.2, -0.15) is 0 Å². The first-order valence-corrected chi connectivity index (χ1v) is 5.95. The number of anilines is 1. The van der Waals surface area contributed by atoms with Gasteiger partial charge >= 0.3 is 0 Å². The van der Waals surface area contributed by atoms with Crippen LogP contribution in [0.15, 0.2) is 36.7 Å². The highest BCUT2D eigenvalue weighted by molar-refractivity contribution is 6.29. The average molecular weight is 248 g/mol. The zero-order chi connectivity index (χ0) is 12.1. The van der Waals surface area contributed by atoms with E-state index in [0.29, 0.717) is 11.7 Å². The minimum atomic E-state index is 0.492. The number of nitrogens with one attached hydrogen (secondary N) is 1. The molecule has 0 radical (unpaired) electrons. The number of pyridine rings is 2. The van der Waals surface area contributed by atoms with Crippen molar-refractivity contribution in [2.24, 2.45) is 0 Å². The summed E-state index contributed by atoms with van der Waals surface area (Å²) in [7, 11) is 0. The molecule has 0 aromatic carbocycles. The molecule has 2 heterocycles. The van der Waals surface area contributed by atoms with Crippen molar-refractivity contribution >= 4 is 17.3 Å². The van der Waals surface area contributed by atoms with E-state index < -0.39 is 0 Å². The molecule has 0 bridgehead atoms. The molecule has 0 aliphatic heterocycles. The van der Waals surface area contributed by atoms with Gasteiger partial charge < -0.3 is 5.32 Å². The van der Waals surface area contributed by atoms with E-state index >= 15 is 0 Å². The fraction of sp³-hybridized carbons (Fsp3) is 0.231. The van der Waals surface area contributed by atoms with Crippen molar-refractivity contribution < 1.29 is 0 Å². The smallest absolute Gasteiger partial charge is 0.131 e. The van der Waals surface area contributed by atoms with Crippen molar-refractivity contribution in [2.75, 3.05) is 5.32 Å². The summed E-state index contributed by atoms with van der Waals surface area (Å²) in [4.78, 5) is 8.31. The van der Waals surface area contributed by atoms with Crippen LogP contribution in [0.25, 0.3) is 0 Å². The van der Waals surface area contributed by atoms with E-state index in [1.54, 1.807) is 12.3 Å². The van der Waals surface area contributed by atoms with Crippen LogP contribution in [0.4, 0.5) is 5.69 Å². The number of aryl methyl sites for hydroxylation is 1. The maximum absolute atomic E-state index is 5.82. The molecule has 3 nitrogen and oxygen atoms in total. The summed E-state index contributed by atoms with van der Waals surface area (Å²) < 4.78 is 0. The molecule has 17 heavy (non-hydrogen) atoms. The zero-order valence-corrected chi connectivity index (χ0v) is 10.4. The maximum atomic E-state index is 5.82. The predicted octanol–water partition coefficient (Wildman–Crippen LogP) is 3.30. The first-order chi connectivity index (χ1) is 8.29. The van der Waals surface area contributed by atoms with E-state index in [0.717, 1.165) is 17.8 Å². The molecule has 0 aliphatic rings. The van der Waals surface area contributed by atoms with Gasteiger partial charge in [0.25, 0.3) is 0 Å². The Morgan fingerprint density at radius 1 is 1.24 bits per heavy atom. The van der Waals surface area contributed by atoms with Gasteiger partial charge in [-0.05, 0) is 30.2 Å². The standard InChI is InChI=1S/C13H14ClN3/c1-2-10-4-3-6-15-12(10)9-17-11-5-7-16-13(14)8-11/h3-8H,2,9H2,1H3,(H,16,17). The Balaban J connectivity index is 2.07. The summed E-state index contributed by atoms with van der Waals surface area (Å²) in [5.74, 6) is 0. The summed E-state index contributed by atoms with van der Waals surface area (Å²) >= 11 is 5.82. The lowest BCUT2D eigenvalue weighted by atomic mass is 10.1. The van der Waals surface area contributed by atoms with Crippen LogP contribution in [0, 0.1) is 0 Å². The van der Waals surface area contributed by atoms with E-state index in [9.17, 15) is 0 Å². The molecule has 0 fully saturated rings. The van der Waals surface area contributed by atoms with Gasteiger partial charge in [-0.15, -0.1) is 0 Å². The summed E-state index contributed by atoms with van der Waals surface area (Å²) in [6, 6.07) is 7.76. The molecular weight excluding hydrogens is 234 g/mol. The van der Waals surface area contributed by atoms with E-state index in [4.69, 9.17) is 11.6 Å². The van der Waals surface area contributed by atoms with E-state index in [2.05, 4.69) is 28.3 Å². The van der Waals surface area contributed by atoms with Crippen molar-refractivity contribution in [3.05, 3.63) is 53.1 Å². The summed E-state index contributed by atoms with van der Waals surface area (Å²) in [5.41, 5.74) is 3.29. The highest BCUT2D eigenvalue weighted by Gasteiger charge is 2.01. The number of nitrogens with zero attached hydrogens (tertiary/aromatic N) is 2. The van der Waals surface area contributed by atoms with E-state index in [1.807, 2.05) is 18.3 Å². The maximum Gasteiger partial charge on any atom is 0.131 e. The van der Waals surface area contributed by atoms with Gasteiger partial charge in [0.05, 0.1) is 12.2 Å². The summed E-state index contributed by atoms with van der Waals surface area (Å²) in [5, 5.41) is 3.78. The Hall–Kier alpha value is -1.61. The molecule has 0 unspecified atom stereocenters. The summed E-state index contributed by atoms with van der Waals surface area (Å²) in [6.07, 6.45) is 4.49. The topological polar surface area (TPSA) is 37.8 Å². The third-order valence-corrected chi connectivity index (χ3v) is 2.76. The summed E-state index contributed by atoms with van der Waals surface area (Å²) in [6.45, 7) is 2.83. The minimum Gasteiger partial charge on any atom is -0.379 e. The number of aromatic nitrogens is 2. The number of rotatable bonds is 4. The molecule has 0 aliphatic carbocycles. The lowest BCUT2D eigenvalue weighted by molar-refractivity contribution is 0.971. The van der Waals surface area contributed by atoms with Crippen molar-refractivity contribution in [1.29, 1.82) is 0 Å². The monoisotopic (exact) mass is 247 g/mol. The molecule has 1 N–H and O–H groups in total.